The number of hydrogen-bond donors (Lipinski definition) is 0. The number of nitriles is 1. The van der Waals surface area contributed by atoms with E-state index in [0.717, 1.165) is 6.07 Å². The van der Waals surface area contributed by atoms with E-state index in [4.69, 9.17) is 5.26 Å². The van der Waals surface area contributed by atoms with Gasteiger partial charge in [-0.25, -0.2) is 8.78 Å². The lowest BCUT2D eigenvalue weighted by molar-refractivity contribution is 0.498. The van der Waals surface area contributed by atoms with Crippen LogP contribution in [-0.4, -0.2) is 0 Å². The van der Waals surface area contributed by atoms with Crippen LogP contribution >= 0.6 is 15.9 Å². The lowest BCUT2D eigenvalue weighted by Crippen LogP contribution is -1.94. The summed E-state index contributed by atoms with van der Waals surface area (Å²) in [5, 5.41) is 8.28. The summed E-state index contributed by atoms with van der Waals surface area (Å²) in [6, 6.07) is 4.42. The standard InChI is InChI=1S/C9H6BrF2N/c10-7-4-6(2-1-3-13)9(12)8(11)5-7/h4-5H,1-2H2. The molecule has 0 bridgehead atoms. The molecule has 0 radical (unpaired) electrons. The van der Waals surface area contributed by atoms with Gasteiger partial charge in [-0.15, -0.1) is 0 Å². The summed E-state index contributed by atoms with van der Waals surface area (Å²) in [6.07, 6.45) is 0.422. The second-order valence-corrected chi connectivity index (χ2v) is 3.43. The zero-order valence-corrected chi connectivity index (χ0v) is 8.24. The van der Waals surface area contributed by atoms with E-state index in [-0.39, 0.29) is 18.4 Å². The Morgan fingerprint density at radius 3 is 2.69 bits per heavy atom. The Kier molecular flexibility index (Phi) is 3.38. The predicted molar refractivity (Wildman–Crippen MR) is 48.0 cm³/mol. The first-order valence-corrected chi connectivity index (χ1v) is 4.45. The van der Waals surface area contributed by atoms with Gasteiger partial charge in [-0.1, -0.05) is 15.9 Å². The van der Waals surface area contributed by atoms with Crippen molar-refractivity contribution in [1.82, 2.24) is 0 Å². The summed E-state index contributed by atoms with van der Waals surface area (Å²) >= 11 is 3.05. The Hall–Kier alpha value is -0.950. The van der Waals surface area contributed by atoms with Gasteiger partial charge in [0.25, 0.3) is 0 Å². The highest BCUT2D eigenvalue weighted by molar-refractivity contribution is 9.10. The molecule has 1 nitrogen and oxygen atoms in total. The zero-order chi connectivity index (χ0) is 9.84. The van der Waals surface area contributed by atoms with Crippen molar-refractivity contribution in [3.05, 3.63) is 33.8 Å². The largest absolute Gasteiger partial charge is 0.204 e. The van der Waals surface area contributed by atoms with Crippen LogP contribution < -0.4 is 0 Å². The van der Waals surface area contributed by atoms with Crippen LogP contribution in [-0.2, 0) is 6.42 Å². The third-order valence-corrected chi connectivity index (χ3v) is 2.03. The van der Waals surface area contributed by atoms with Gasteiger partial charge in [0.05, 0.1) is 6.07 Å². The van der Waals surface area contributed by atoms with E-state index in [2.05, 4.69) is 15.9 Å². The lowest BCUT2D eigenvalue weighted by Gasteiger charge is -2.01. The van der Waals surface area contributed by atoms with E-state index in [0.29, 0.717) is 4.47 Å². The van der Waals surface area contributed by atoms with Gasteiger partial charge in [-0.05, 0) is 24.1 Å². The highest BCUT2D eigenvalue weighted by atomic mass is 79.9. The summed E-state index contributed by atoms with van der Waals surface area (Å²) in [7, 11) is 0. The molecule has 1 aromatic rings. The van der Waals surface area contributed by atoms with Gasteiger partial charge in [-0.2, -0.15) is 5.26 Å². The first kappa shape index (κ1) is 10.1. The molecule has 0 fully saturated rings. The summed E-state index contributed by atoms with van der Waals surface area (Å²) in [4.78, 5) is 0. The number of nitrogens with zero attached hydrogens (tertiary/aromatic N) is 1. The molecule has 0 N–H and O–H groups in total. The smallest absolute Gasteiger partial charge is 0.162 e. The van der Waals surface area contributed by atoms with Crippen molar-refractivity contribution in [3.8, 4) is 6.07 Å². The lowest BCUT2D eigenvalue weighted by atomic mass is 10.1. The van der Waals surface area contributed by atoms with Crippen molar-refractivity contribution in [2.45, 2.75) is 12.8 Å². The second kappa shape index (κ2) is 4.33. The maximum Gasteiger partial charge on any atom is 0.162 e. The molecular formula is C9H6BrF2N. The normalized spacial score (nSPS) is 9.69. The predicted octanol–water partition coefficient (Wildman–Crippen LogP) is 3.18. The highest BCUT2D eigenvalue weighted by Crippen LogP contribution is 2.20. The number of aryl methyl sites for hydroxylation is 1. The van der Waals surface area contributed by atoms with Crippen LogP contribution in [0.3, 0.4) is 0 Å². The Morgan fingerprint density at radius 2 is 2.08 bits per heavy atom. The summed E-state index contributed by atoms with van der Waals surface area (Å²) in [5.41, 5.74) is 0.230. The topological polar surface area (TPSA) is 23.8 Å². The fraction of sp³-hybridized carbons (Fsp3) is 0.222. The maximum absolute atomic E-state index is 13.0. The molecule has 13 heavy (non-hydrogen) atoms. The zero-order valence-electron chi connectivity index (χ0n) is 6.65. The molecule has 0 aliphatic rings. The maximum atomic E-state index is 13.0. The van der Waals surface area contributed by atoms with E-state index in [1.54, 1.807) is 0 Å². The quantitative estimate of drug-likeness (QED) is 0.735. The van der Waals surface area contributed by atoms with Crippen LogP contribution in [0.4, 0.5) is 8.78 Å². The van der Waals surface area contributed by atoms with E-state index in [9.17, 15) is 8.78 Å². The molecule has 0 amide bonds. The number of halogens is 3. The molecule has 0 aliphatic carbocycles. The van der Waals surface area contributed by atoms with Crippen LogP contribution in [0.15, 0.2) is 16.6 Å². The second-order valence-electron chi connectivity index (χ2n) is 2.52. The van der Waals surface area contributed by atoms with Gasteiger partial charge in [0.15, 0.2) is 11.6 Å². The minimum absolute atomic E-state index is 0.187. The number of rotatable bonds is 2. The third-order valence-electron chi connectivity index (χ3n) is 1.57. The van der Waals surface area contributed by atoms with Crippen molar-refractivity contribution in [1.29, 1.82) is 5.26 Å². The molecule has 1 aromatic carbocycles. The number of benzene rings is 1. The van der Waals surface area contributed by atoms with Crippen molar-refractivity contribution in [2.75, 3.05) is 0 Å². The van der Waals surface area contributed by atoms with Crippen LogP contribution in [0.25, 0.3) is 0 Å². The highest BCUT2D eigenvalue weighted by Gasteiger charge is 2.09. The van der Waals surface area contributed by atoms with E-state index >= 15 is 0 Å². The first-order valence-electron chi connectivity index (χ1n) is 3.65. The van der Waals surface area contributed by atoms with Crippen LogP contribution in [0.1, 0.15) is 12.0 Å². The monoisotopic (exact) mass is 245 g/mol. The van der Waals surface area contributed by atoms with E-state index in [1.807, 2.05) is 6.07 Å². The summed E-state index contributed by atoms with van der Waals surface area (Å²) in [6.45, 7) is 0. The molecular weight excluding hydrogens is 240 g/mol. The minimum atomic E-state index is -0.887. The summed E-state index contributed by atoms with van der Waals surface area (Å²) in [5.74, 6) is -1.75. The fourth-order valence-corrected chi connectivity index (χ4v) is 1.46. The van der Waals surface area contributed by atoms with Gasteiger partial charge in [0, 0.05) is 10.9 Å². The average Bonchev–Trinajstić information content (AvgIpc) is 2.09. The average molecular weight is 246 g/mol. The number of hydrogen-bond acceptors (Lipinski definition) is 1. The minimum Gasteiger partial charge on any atom is -0.204 e. The third kappa shape index (κ3) is 2.49. The van der Waals surface area contributed by atoms with Gasteiger partial charge >= 0.3 is 0 Å². The Morgan fingerprint density at radius 1 is 1.38 bits per heavy atom. The SMILES string of the molecule is N#CCCc1cc(Br)cc(F)c1F. The molecule has 0 heterocycles. The van der Waals surface area contributed by atoms with Gasteiger partial charge < -0.3 is 0 Å². The molecule has 0 atom stereocenters. The van der Waals surface area contributed by atoms with Crippen molar-refractivity contribution in [3.63, 3.8) is 0 Å². The molecule has 0 saturated carbocycles. The van der Waals surface area contributed by atoms with Crippen LogP contribution in [0, 0.1) is 23.0 Å². The van der Waals surface area contributed by atoms with Crippen LogP contribution in [0.5, 0.6) is 0 Å². The molecule has 0 aliphatic heterocycles. The van der Waals surface area contributed by atoms with Gasteiger partial charge in [-0.3, -0.25) is 0 Å². The van der Waals surface area contributed by atoms with Gasteiger partial charge in [0.1, 0.15) is 0 Å². The molecule has 1 rings (SSSR count). The molecule has 68 valence electrons. The molecule has 4 heteroatoms. The molecule has 0 saturated heterocycles. The van der Waals surface area contributed by atoms with E-state index < -0.39 is 11.6 Å². The van der Waals surface area contributed by atoms with Crippen molar-refractivity contribution < 1.29 is 8.78 Å². The first-order chi connectivity index (χ1) is 6.15. The Labute approximate surface area is 83.1 Å². The Balaban J connectivity index is 3.00. The van der Waals surface area contributed by atoms with Gasteiger partial charge in [0.2, 0.25) is 0 Å². The molecule has 0 unspecified atom stereocenters. The van der Waals surface area contributed by atoms with Crippen molar-refractivity contribution >= 4 is 15.9 Å². The Bertz CT molecular complexity index is 357. The molecule has 0 spiro atoms. The van der Waals surface area contributed by atoms with Crippen LogP contribution in [0.2, 0.25) is 0 Å². The van der Waals surface area contributed by atoms with Crippen molar-refractivity contribution in [2.24, 2.45) is 0 Å². The fourth-order valence-electron chi connectivity index (χ4n) is 0.982. The molecule has 0 aromatic heterocycles. The van der Waals surface area contributed by atoms with E-state index in [1.165, 1.54) is 6.07 Å². The summed E-state index contributed by atoms with van der Waals surface area (Å²) < 4.78 is 26.3.